The number of amidine groups is 1. The van der Waals surface area contributed by atoms with Crippen molar-refractivity contribution >= 4 is 17.6 Å². The van der Waals surface area contributed by atoms with Crippen LogP contribution in [0.5, 0.6) is 0 Å². The highest BCUT2D eigenvalue weighted by molar-refractivity contribution is 6.02. The Hall–Kier alpha value is -1.79. The average molecular weight is 272 g/mol. The minimum absolute atomic E-state index is 0.126. The molecule has 7 nitrogen and oxygen atoms in total. The maximum atomic E-state index is 11.7. The SMILES string of the molecule is CCC(C(=O)NCCC(=O)NC(C)(C)C)C(N)=NO. The molecule has 0 rings (SSSR count). The quantitative estimate of drug-likeness (QED) is 0.239. The first-order valence-corrected chi connectivity index (χ1v) is 6.27. The van der Waals surface area contributed by atoms with Crippen LogP contribution in [0.4, 0.5) is 0 Å². The van der Waals surface area contributed by atoms with Gasteiger partial charge in [-0.2, -0.15) is 0 Å². The van der Waals surface area contributed by atoms with E-state index in [-0.39, 0.29) is 36.2 Å². The van der Waals surface area contributed by atoms with E-state index >= 15 is 0 Å². The molecule has 1 unspecified atom stereocenters. The summed E-state index contributed by atoms with van der Waals surface area (Å²) in [7, 11) is 0. The van der Waals surface area contributed by atoms with Crippen LogP contribution in [0, 0.1) is 5.92 Å². The molecule has 0 aliphatic carbocycles. The van der Waals surface area contributed by atoms with Crippen LogP contribution in [0.1, 0.15) is 40.5 Å². The molecule has 0 heterocycles. The minimum atomic E-state index is -0.671. The van der Waals surface area contributed by atoms with Crippen LogP contribution in [0.15, 0.2) is 5.16 Å². The van der Waals surface area contributed by atoms with Gasteiger partial charge in [0.25, 0.3) is 0 Å². The van der Waals surface area contributed by atoms with Gasteiger partial charge in [0.2, 0.25) is 11.8 Å². The van der Waals surface area contributed by atoms with Crippen molar-refractivity contribution in [3.8, 4) is 0 Å². The van der Waals surface area contributed by atoms with Crippen molar-refractivity contribution in [3.63, 3.8) is 0 Å². The highest BCUT2D eigenvalue weighted by atomic mass is 16.4. The first kappa shape index (κ1) is 17.2. The van der Waals surface area contributed by atoms with E-state index in [0.29, 0.717) is 6.42 Å². The van der Waals surface area contributed by atoms with Crippen molar-refractivity contribution in [2.75, 3.05) is 6.54 Å². The highest BCUT2D eigenvalue weighted by Crippen LogP contribution is 2.03. The number of hydrogen-bond donors (Lipinski definition) is 4. The molecule has 0 bridgehead atoms. The van der Waals surface area contributed by atoms with Gasteiger partial charge in [0.1, 0.15) is 0 Å². The summed E-state index contributed by atoms with van der Waals surface area (Å²) in [6, 6.07) is 0. The Morgan fingerprint density at radius 3 is 2.37 bits per heavy atom. The molecule has 7 heteroatoms. The molecule has 0 saturated heterocycles. The molecular weight excluding hydrogens is 248 g/mol. The number of amides is 2. The van der Waals surface area contributed by atoms with E-state index < -0.39 is 5.92 Å². The van der Waals surface area contributed by atoms with Crippen LogP contribution in [-0.2, 0) is 9.59 Å². The largest absolute Gasteiger partial charge is 0.409 e. The minimum Gasteiger partial charge on any atom is -0.409 e. The zero-order chi connectivity index (χ0) is 15.1. The molecule has 0 aliphatic rings. The molecule has 0 saturated carbocycles. The first-order chi connectivity index (χ1) is 8.71. The van der Waals surface area contributed by atoms with E-state index in [1.165, 1.54) is 0 Å². The third kappa shape index (κ3) is 7.28. The predicted octanol–water partition coefficient (Wildman–Crippen LogP) is 0.180. The number of rotatable bonds is 6. The monoisotopic (exact) mass is 272 g/mol. The van der Waals surface area contributed by atoms with Crippen molar-refractivity contribution in [3.05, 3.63) is 0 Å². The number of hydrogen-bond acceptors (Lipinski definition) is 4. The molecule has 0 fully saturated rings. The predicted molar refractivity (Wildman–Crippen MR) is 72.7 cm³/mol. The second-order valence-electron chi connectivity index (χ2n) is 5.32. The molecule has 0 aliphatic heterocycles. The smallest absolute Gasteiger partial charge is 0.230 e. The molecular formula is C12H24N4O3. The van der Waals surface area contributed by atoms with Crippen molar-refractivity contribution < 1.29 is 14.8 Å². The number of nitrogens with zero attached hydrogens (tertiary/aromatic N) is 1. The maximum Gasteiger partial charge on any atom is 0.230 e. The third-order valence-electron chi connectivity index (χ3n) is 2.36. The van der Waals surface area contributed by atoms with Crippen LogP contribution in [-0.4, -0.2) is 34.9 Å². The molecule has 110 valence electrons. The maximum absolute atomic E-state index is 11.7. The second kappa shape index (κ2) is 7.60. The van der Waals surface area contributed by atoms with Gasteiger partial charge in [-0.15, -0.1) is 0 Å². The Bertz CT molecular complexity index is 347. The second-order valence-corrected chi connectivity index (χ2v) is 5.32. The summed E-state index contributed by atoms with van der Waals surface area (Å²) in [6.45, 7) is 7.63. The Morgan fingerprint density at radius 1 is 1.37 bits per heavy atom. The molecule has 0 spiro atoms. The zero-order valence-corrected chi connectivity index (χ0v) is 12.0. The lowest BCUT2D eigenvalue weighted by atomic mass is 10.0. The van der Waals surface area contributed by atoms with E-state index in [2.05, 4.69) is 15.8 Å². The number of nitrogens with two attached hydrogens (primary N) is 1. The van der Waals surface area contributed by atoms with Crippen LogP contribution < -0.4 is 16.4 Å². The summed E-state index contributed by atoms with van der Waals surface area (Å²) in [5, 5.41) is 16.8. The average Bonchev–Trinajstić information content (AvgIpc) is 2.27. The summed E-state index contributed by atoms with van der Waals surface area (Å²) < 4.78 is 0. The lowest BCUT2D eigenvalue weighted by molar-refractivity contribution is -0.124. The summed E-state index contributed by atoms with van der Waals surface area (Å²) in [5.41, 5.74) is 5.11. The van der Waals surface area contributed by atoms with Gasteiger partial charge in [-0.25, -0.2) is 0 Å². The number of nitrogens with one attached hydrogen (secondary N) is 2. The topological polar surface area (TPSA) is 117 Å². The summed E-state index contributed by atoms with van der Waals surface area (Å²) in [4.78, 5) is 23.2. The van der Waals surface area contributed by atoms with Crippen molar-refractivity contribution in [1.29, 1.82) is 0 Å². The molecule has 0 aromatic carbocycles. The Labute approximate surface area is 113 Å². The van der Waals surface area contributed by atoms with Crippen molar-refractivity contribution in [2.45, 2.75) is 46.1 Å². The fraction of sp³-hybridized carbons (Fsp3) is 0.750. The lowest BCUT2D eigenvalue weighted by Crippen LogP contribution is -2.43. The third-order valence-corrected chi connectivity index (χ3v) is 2.36. The Balaban J connectivity index is 4.14. The molecule has 1 atom stereocenters. The van der Waals surface area contributed by atoms with Gasteiger partial charge in [-0.05, 0) is 27.2 Å². The first-order valence-electron chi connectivity index (χ1n) is 6.27. The van der Waals surface area contributed by atoms with Gasteiger partial charge < -0.3 is 21.6 Å². The van der Waals surface area contributed by atoms with Gasteiger partial charge in [0.15, 0.2) is 5.84 Å². The van der Waals surface area contributed by atoms with Gasteiger partial charge in [0, 0.05) is 18.5 Å². The summed E-state index contributed by atoms with van der Waals surface area (Å²) >= 11 is 0. The van der Waals surface area contributed by atoms with Crippen molar-refractivity contribution in [1.82, 2.24) is 10.6 Å². The fourth-order valence-corrected chi connectivity index (χ4v) is 1.50. The van der Waals surface area contributed by atoms with Gasteiger partial charge in [0.05, 0.1) is 5.92 Å². The highest BCUT2D eigenvalue weighted by Gasteiger charge is 2.21. The Kier molecular flexibility index (Phi) is 6.89. The standard InChI is InChI=1S/C12H24N4O3/c1-5-8(10(13)16-19)11(18)14-7-6-9(17)15-12(2,3)4/h8,19H,5-7H2,1-4H3,(H2,13,16)(H,14,18)(H,15,17). The fourth-order valence-electron chi connectivity index (χ4n) is 1.50. The number of carbonyl (C=O) groups excluding carboxylic acids is 2. The zero-order valence-electron chi connectivity index (χ0n) is 12.0. The van der Waals surface area contributed by atoms with E-state index in [1.807, 2.05) is 20.8 Å². The van der Waals surface area contributed by atoms with E-state index in [1.54, 1.807) is 6.92 Å². The molecule has 19 heavy (non-hydrogen) atoms. The van der Waals surface area contributed by atoms with Crippen LogP contribution >= 0.6 is 0 Å². The van der Waals surface area contributed by atoms with Gasteiger partial charge in [-0.1, -0.05) is 12.1 Å². The molecule has 2 amide bonds. The normalized spacial score (nSPS) is 13.8. The molecule has 0 radical (unpaired) electrons. The molecule has 0 aromatic rings. The summed E-state index contributed by atoms with van der Waals surface area (Å²) in [5.74, 6) is -1.28. The van der Waals surface area contributed by atoms with E-state index in [0.717, 1.165) is 0 Å². The molecule has 0 aromatic heterocycles. The van der Waals surface area contributed by atoms with E-state index in [9.17, 15) is 9.59 Å². The number of oxime groups is 1. The van der Waals surface area contributed by atoms with Crippen LogP contribution in [0.25, 0.3) is 0 Å². The van der Waals surface area contributed by atoms with E-state index in [4.69, 9.17) is 10.9 Å². The molecule has 5 N–H and O–H groups in total. The van der Waals surface area contributed by atoms with Gasteiger partial charge in [-0.3, -0.25) is 9.59 Å². The number of carbonyl (C=O) groups is 2. The van der Waals surface area contributed by atoms with Gasteiger partial charge >= 0.3 is 0 Å². The van der Waals surface area contributed by atoms with Crippen molar-refractivity contribution in [2.24, 2.45) is 16.8 Å². The lowest BCUT2D eigenvalue weighted by Gasteiger charge is -2.20. The van der Waals surface area contributed by atoms with Crippen LogP contribution in [0.2, 0.25) is 0 Å². The van der Waals surface area contributed by atoms with Crippen LogP contribution in [0.3, 0.4) is 0 Å². The summed E-state index contributed by atoms with van der Waals surface area (Å²) in [6.07, 6.45) is 0.617. The Morgan fingerprint density at radius 2 is 1.95 bits per heavy atom.